The molecule has 1 N–H and O–H groups in total. The first kappa shape index (κ1) is 19.1. The molecule has 3 aromatic carbocycles. The summed E-state index contributed by atoms with van der Waals surface area (Å²) >= 11 is 18.6. The van der Waals surface area contributed by atoms with Crippen molar-refractivity contribution in [3.8, 4) is 5.75 Å². The molecule has 0 heterocycles. The summed E-state index contributed by atoms with van der Waals surface area (Å²) in [5.74, 6) is 0.801. The largest absolute Gasteiger partial charge is 0.488 e. The Bertz CT molecular complexity index is 862. The van der Waals surface area contributed by atoms with Crippen LogP contribution in [0.1, 0.15) is 16.7 Å². The molecular weight excluding hydrogens is 389 g/mol. The van der Waals surface area contributed by atoms with Gasteiger partial charge in [0.15, 0.2) is 0 Å². The Balaban J connectivity index is 1.64. The van der Waals surface area contributed by atoms with E-state index < -0.39 is 0 Å². The fourth-order valence-corrected chi connectivity index (χ4v) is 3.29. The molecule has 134 valence electrons. The van der Waals surface area contributed by atoms with E-state index in [1.807, 2.05) is 66.7 Å². The van der Waals surface area contributed by atoms with E-state index in [0.717, 1.165) is 27.5 Å². The summed E-state index contributed by atoms with van der Waals surface area (Å²) in [7, 11) is 0. The van der Waals surface area contributed by atoms with Crippen LogP contribution in [0, 0.1) is 0 Å². The molecule has 0 aliphatic carbocycles. The third kappa shape index (κ3) is 4.93. The van der Waals surface area contributed by atoms with Gasteiger partial charge in [-0.2, -0.15) is 0 Å². The molecule has 0 amide bonds. The average molecular weight is 407 g/mol. The highest BCUT2D eigenvalue weighted by Crippen LogP contribution is 2.27. The normalized spacial score (nSPS) is 10.7. The zero-order valence-corrected chi connectivity index (χ0v) is 16.3. The van der Waals surface area contributed by atoms with E-state index in [0.29, 0.717) is 29.7 Å². The first-order valence-electron chi connectivity index (χ1n) is 8.23. The van der Waals surface area contributed by atoms with Gasteiger partial charge in [-0.15, -0.1) is 0 Å². The smallest absolute Gasteiger partial charge is 0.124 e. The van der Waals surface area contributed by atoms with Crippen LogP contribution in [0.5, 0.6) is 5.75 Å². The van der Waals surface area contributed by atoms with Crippen LogP contribution < -0.4 is 10.1 Å². The van der Waals surface area contributed by atoms with Crippen LogP contribution in [-0.4, -0.2) is 0 Å². The van der Waals surface area contributed by atoms with Crippen LogP contribution in [0.3, 0.4) is 0 Å². The standard InChI is InChI=1S/C21H18Cl3NO/c22-18-8-3-1-6-15(18)12-25-13-16-7-2-4-11-21(16)26-14-17-19(23)9-5-10-20(17)24/h1-11,25H,12-14H2. The van der Waals surface area contributed by atoms with E-state index in [2.05, 4.69) is 5.32 Å². The molecular formula is C21H18Cl3NO. The molecule has 26 heavy (non-hydrogen) atoms. The van der Waals surface area contributed by atoms with Gasteiger partial charge in [-0.1, -0.05) is 77.3 Å². The summed E-state index contributed by atoms with van der Waals surface area (Å²) in [6.45, 7) is 1.67. The lowest BCUT2D eigenvalue weighted by Gasteiger charge is -2.14. The predicted octanol–water partition coefficient (Wildman–Crippen LogP) is 6.52. The van der Waals surface area contributed by atoms with Gasteiger partial charge in [-0.3, -0.25) is 0 Å². The highest BCUT2D eigenvalue weighted by Gasteiger charge is 2.09. The Hall–Kier alpha value is -1.71. The van der Waals surface area contributed by atoms with Crippen LogP contribution in [-0.2, 0) is 19.7 Å². The monoisotopic (exact) mass is 405 g/mol. The first-order valence-corrected chi connectivity index (χ1v) is 9.36. The fraction of sp³-hybridized carbons (Fsp3) is 0.143. The number of benzene rings is 3. The summed E-state index contributed by atoms with van der Waals surface area (Å²) < 4.78 is 5.98. The third-order valence-electron chi connectivity index (χ3n) is 4.00. The summed E-state index contributed by atoms with van der Waals surface area (Å²) in [4.78, 5) is 0. The number of nitrogens with one attached hydrogen (secondary N) is 1. The van der Waals surface area contributed by atoms with Crippen molar-refractivity contribution in [1.82, 2.24) is 5.32 Å². The molecule has 2 nitrogen and oxygen atoms in total. The van der Waals surface area contributed by atoms with Gasteiger partial charge in [0, 0.05) is 39.3 Å². The Morgan fingerprint density at radius 2 is 1.23 bits per heavy atom. The number of hydrogen-bond donors (Lipinski definition) is 1. The second-order valence-electron chi connectivity index (χ2n) is 5.79. The van der Waals surface area contributed by atoms with Gasteiger partial charge in [-0.05, 0) is 29.8 Å². The van der Waals surface area contributed by atoms with Crippen molar-refractivity contribution < 1.29 is 4.74 Å². The topological polar surface area (TPSA) is 21.3 Å². The van der Waals surface area contributed by atoms with E-state index in [9.17, 15) is 0 Å². The van der Waals surface area contributed by atoms with Crippen LogP contribution in [0.2, 0.25) is 15.1 Å². The molecule has 0 aromatic heterocycles. The van der Waals surface area contributed by atoms with Crippen LogP contribution in [0.4, 0.5) is 0 Å². The lowest BCUT2D eigenvalue weighted by molar-refractivity contribution is 0.302. The molecule has 0 fully saturated rings. The van der Waals surface area contributed by atoms with Gasteiger partial charge >= 0.3 is 0 Å². The average Bonchev–Trinajstić information content (AvgIpc) is 2.64. The lowest BCUT2D eigenvalue weighted by atomic mass is 10.1. The van der Waals surface area contributed by atoms with Gasteiger partial charge < -0.3 is 10.1 Å². The van der Waals surface area contributed by atoms with Gasteiger partial charge in [0.1, 0.15) is 12.4 Å². The number of hydrogen-bond acceptors (Lipinski definition) is 2. The minimum absolute atomic E-state index is 0.319. The maximum Gasteiger partial charge on any atom is 0.124 e. The van der Waals surface area contributed by atoms with Crippen LogP contribution in [0.15, 0.2) is 66.7 Å². The molecule has 3 rings (SSSR count). The summed E-state index contributed by atoms with van der Waals surface area (Å²) in [6.07, 6.45) is 0. The van der Waals surface area contributed by atoms with Crippen molar-refractivity contribution in [3.05, 3.63) is 98.5 Å². The Kier molecular flexibility index (Phi) is 6.81. The molecule has 0 atom stereocenters. The van der Waals surface area contributed by atoms with E-state index in [4.69, 9.17) is 39.5 Å². The summed E-state index contributed by atoms with van der Waals surface area (Å²) in [5, 5.41) is 5.37. The van der Waals surface area contributed by atoms with Gasteiger partial charge in [0.2, 0.25) is 0 Å². The Labute approximate surface area is 168 Å². The second kappa shape index (κ2) is 9.29. The van der Waals surface area contributed by atoms with Crippen molar-refractivity contribution in [1.29, 1.82) is 0 Å². The third-order valence-corrected chi connectivity index (χ3v) is 5.07. The molecule has 5 heteroatoms. The lowest BCUT2D eigenvalue weighted by Crippen LogP contribution is -2.14. The number of halogens is 3. The molecule has 0 radical (unpaired) electrons. The summed E-state index contributed by atoms with van der Waals surface area (Å²) in [6, 6.07) is 21.2. The first-order chi connectivity index (χ1) is 12.6. The highest BCUT2D eigenvalue weighted by atomic mass is 35.5. The molecule has 0 saturated heterocycles. The molecule has 0 aliphatic heterocycles. The van der Waals surface area contributed by atoms with Gasteiger partial charge in [0.05, 0.1) is 0 Å². The summed E-state index contributed by atoms with van der Waals surface area (Å²) in [5.41, 5.74) is 2.91. The number of ether oxygens (including phenoxy) is 1. The minimum Gasteiger partial charge on any atom is -0.488 e. The molecule has 0 unspecified atom stereocenters. The van der Waals surface area contributed by atoms with Crippen LogP contribution >= 0.6 is 34.8 Å². The second-order valence-corrected chi connectivity index (χ2v) is 7.01. The maximum absolute atomic E-state index is 6.21. The molecule has 3 aromatic rings. The van der Waals surface area contributed by atoms with E-state index in [-0.39, 0.29) is 0 Å². The maximum atomic E-state index is 6.21. The Morgan fingerprint density at radius 3 is 1.96 bits per heavy atom. The molecule has 0 aliphatic rings. The van der Waals surface area contributed by atoms with Gasteiger partial charge in [0.25, 0.3) is 0 Å². The van der Waals surface area contributed by atoms with E-state index >= 15 is 0 Å². The zero-order chi connectivity index (χ0) is 18.4. The van der Waals surface area contributed by atoms with Crippen molar-refractivity contribution >= 4 is 34.8 Å². The van der Waals surface area contributed by atoms with Gasteiger partial charge in [-0.25, -0.2) is 0 Å². The van der Waals surface area contributed by atoms with Crippen LogP contribution in [0.25, 0.3) is 0 Å². The van der Waals surface area contributed by atoms with Crippen molar-refractivity contribution in [2.45, 2.75) is 19.7 Å². The van der Waals surface area contributed by atoms with E-state index in [1.165, 1.54) is 0 Å². The quantitative estimate of drug-likeness (QED) is 0.482. The van der Waals surface area contributed by atoms with E-state index in [1.54, 1.807) is 0 Å². The Morgan fingerprint density at radius 1 is 0.654 bits per heavy atom. The molecule has 0 spiro atoms. The number of para-hydroxylation sites is 1. The van der Waals surface area contributed by atoms with Crippen molar-refractivity contribution in [2.24, 2.45) is 0 Å². The minimum atomic E-state index is 0.319. The predicted molar refractivity (Wildman–Crippen MR) is 109 cm³/mol. The van der Waals surface area contributed by atoms with Crippen molar-refractivity contribution in [3.63, 3.8) is 0 Å². The number of rotatable bonds is 7. The van der Waals surface area contributed by atoms with Crippen molar-refractivity contribution in [2.75, 3.05) is 0 Å². The molecule has 0 saturated carbocycles. The molecule has 0 bridgehead atoms. The zero-order valence-electron chi connectivity index (χ0n) is 14.0. The SMILES string of the molecule is Clc1ccccc1CNCc1ccccc1OCc1c(Cl)cccc1Cl. The highest BCUT2D eigenvalue weighted by molar-refractivity contribution is 6.36. The fourth-order valence-electron chi connectivity index (χ4n) is 2.58.